The molecule has 1 aromatic rings. The minimum atomic E-state index is 0.399. The third kappa shape index (κ3) is 3.09. The Morgan fingerprint density at radius 1 is 1.38 bits per heavy atom. The van der Waals surface area contributed by atoms with Crippen LogP contribution in [-0.2, 0) is 0 Å². The van der Waals surface area contributed by atoms with Gasteiger partial charge in [0, 0.05) is 18.3 Å². The predicted molar refractivity (Wildman–Crippen MR) is 52.9 cm³/mol. The van der Waals surface area contributed by atoms with E-state index in [2.05, 4.69) is 32.8 Å². The third-order valence-electron chi connectivity index (χ3n) is 1.68. The lowest BCUT2D eigenvalue weighted by atomic mass is 10.2. The lowest BCUT2D eigenvalue weighted by Crippen LogP contribution is -2.06. The Morgan fingerprint density at radius 2 is 2.08 bits per heavy atom. The van der Waals surface area contributed by atoms with Crippen molar-refractivity contribution in [3.8, 4) is 5.88 Å². The Bertz CT molecular complexity index is 253. The molecule has 0 radical (unpaired) electrons. The van der Waals surface area contributed by atoms with Crippen LogP contribution < -0.4 is 4.74 Å². The molecule has 1 aromatic heterocycles. The molecule has 0 aliphatic heterocycles. The first-order valence-corrected chi connectivity index (χ1v) is 4.77. The SMILES string of the molecule is CC(C)COc1ccn(C(C)C)n1. The molecule has 1 rings (SSSR count). The standard InChI is InChI=1S/C10H18N2O/c1-8(2)7-13-10-5-6-12(11-10)9(3)4/h5-6,8-9H,7H2,1-4H3. The summed E-state index contributed by atoms with van der Waals surface area (Å²) in [5.74, 6) is 1.27. The van der Waals surface area contributed by atoms with Gasteiger partial charge in [0.2, 0.25) is 5.88 Å². The third-order valence-corrected chi connectivity index (χ3v) is 1.68. The zero-order valence-electron chi connectivity index (χ0n) is 8.82. The number of rotatable bonds is 4. The van der Waals surface area contributed by atoms with E-state index in [-0.39, 0.29) is 0 Å². The molecule has 74 valence electrons. The Morgan fingerprint density at radius 3 is 2.54 bits per heavy atom. The van der Waals surface area contributed by atoms with Crippen molar-refractivity contribution < 1.29 is 4.74 Å². The first kappa shape index (κ1) is 10.1. The molecule has 0 saturated carbocycles. The van der Waals surface area contributed by atoms with Gasteiger partial charge >= 0.3 is 0 Å². The quantitative estimate of drug-likeness (QED) is 0.715. The van der Waals surface area contributed by atoms with Crippen LogP contribution in [0.3, 0.4) is 0 Å². The number of hydrogen-bond acceptors (Lipinski definition) is 2. The number of ether oxygens (including phenoxy) is 1. The van der Waals surface area contributed by atoms with Crippen LogP contribution in [0.1, 0.15) is 33.7 Å². The summed E-state index contributed by atoms with van der Waals surface area (Å²) < 4.78 is 7.36. The fraction of sp³-hybridized carbons (Fsp3) is 0.700. The minimum Gasteiger partial charge on any atom is -0.476 e. The Kier molecular flexibility index (Phi) is 3.34. The Hall–Kier alpha value is -0.990. The van der Waals surface area contributed by atoms with E-state index in [9.17, 15) is 0 Å². The lowest BCUT2D eigenvalue weighted by Gasteiger charge is -2.06. The van der Waals surface area contributed by atoms with E-state index < -0.39 is 0 Å². The largest absolute Gasteiger partial charge is 0.476 e. The summed E-state index contributed by atoms with van der Waals surface area (Å²) in [4.78, 5) is 0. The molecule has 0 aromatic carbocycles. The zero-order chi connectivity index (χ0) is 9.84. The van der Waals surface area contributed by atoms with Gasteiger partial charge in [-0.2, -0.15) is 0 Å². The van der Waals surface area contributed by atoms with Crippen LogP contribution >= 0.6 is 0 Å². The van der Waals surface area contributed by atoms with Crippen molar-refractivity contribution in [3.05, 3.63) is 12.3 Å². The summed E-state index contributed by atoms with van der Waals surface area (Å²) in [6.07, 6.45) is 1.94. The van der Waals surface area contributed by atoms with Gasteiger partial charge < -0.3 is 4.74 Å². The molecule has 0 amide bonds. The summed E-state index contributed by atoms with van der Waals surface area (Å²) in [6.45, 7) is 9.17. The predicted octanol–water partition coefficient (Wildman–Crippen LogP) is 2.50. The molecule has 0 atom stereocenters. The Balaban J connectivity index is 2.49. The van der Waals surface area contributed by atoms with Crippen LogP contribution in [0.4, 0.5) is 0 Å². The summed E-state index contributed by atoms with van der Waals surface area (Å²) in [6, 6.07) is 2.30. The lowest BCUT2D eigenvalue weighted by molar-refractivity contribution is 0.257. The normalized spacial score (nSPS) is 11.2. The number of aromatic nitrogens is 2. The molecule has 13 heavy (non-hydrogen) atoms. The molecule has 3 nitrogen and oxygen atoms in total. The topological polar surface area (TPSA) is 27.1 Å². The summed E-state index contributed by atoms with van der Waals surface area (Å²) in [7, 11) is 0. The fourth-order valence-corrected chi connectivity index (χ4v) is 0.937. The first-order valence-electron chi connectivity index (χ1n) is 4.77. The van der Waals surface area contributed by atoms with Crippen LogP contribution in [0.5, 0.6) is 5.88 Å². The monoisotopic (exact) mass is 182 g/mol. The van der Waals surface area contributed by atoms with Crippen molar-refractivity contribution in [2.45, 2.75) is 33.7 Å². The van der Waals surface area contributed by atoms with Gasteiger partial charge in [-0.1, -0.05) is 13.8 Å². The first-order chi connectivity index (χ1) is 6.09. The smallest absolute Gasteiger partial charge is 0.232 e. The van der Waals surface area contributed by atoms with Gasteiger partial charge in [-0.05, 0) is 19.8 Å². The highest BCUT2D eigenvalue weighted by atomic mass is 16.5. The average molecular weight is 182 g/mol. The maximum Gasteiger partial charge on any atom is 0.232 e. The molecule has 1 heterocycles. The van der Waals surface area contributed by atoms with Crippen molar-refractivity contribution in [3.63, 3.8) is 0 Å². The van der Waals surface area contributed by atoms with Gasteiger partial charge in [-0.3, -0.25) is 4.68 Å². The van der Waals surface area contributed by atoms with Crippen LogP contribution in [0.25, 0.3) is 0 Å². The molecule has 0 fully saturated rings. The molecule has 0 unspecified atom stereocenters. The summed E-state index contributed by atoms with van der Waals surface area (Å²) in [5, 5.41) is 4.28. The van der Waals surface area contributed by atoms with Crippen LogP contribution in [0.15, 0.2) is 12.3 Å². The highest BCUT2D eigenvalue weighted by Gasteiger charge is 2.02. The molecule has 0 aliphatic carbocycles. The van der Waals surface area contributed by atoms with E-state index in [1.165, 1.54) is 0 Å². The summed E-state index contributed by atoms with van der Waals surface area (Å²) in [5.41, 5.74) is 0. The average Bonchev–Trinajstić information content (AvgIpc) is 2.48. The second kappa shape index (κ2) is 4.30. The highest BCUT2D eigenvalue weighted by Crippen LogP contribution is 2.10. The molecule has 0 saturated heterocycles. The second-order valence-corrected chi connectivity index (χ2v) is 3.93. The van der Waals surface area contributed by atoms with Crippen molar-refractivity contribution in [2.75, 3.05) is 6.61 Å². The molecule has 0 N–H and O–H groups in total. The van der Waals surface area contributed by atoms with Gasteiger partial charge in [0.1, 0.15) is 0 Å². The number of nitrogens with zero attached hydrogens (tertiary/aromatic N) is 2. The van der Waals surface area contributed by atoms with Crippen LogP contribution in [0, 0.1) is 5.92 Å². The minimum absolute atomic E-state index is 0.399. The van der Waals surface area contributed by atoms with E-state index >= 15 is 0 Å². The molecule has 0 bridgehead atoms. The van der Waals surface area contributed by atoms with E-state index in [1.807, 2.05) is 16.9 Å². The van der Waals surface area contributed by atoms with E-state index in [0.717, 1.165) is 12.5 Å². The second-order valence-electron chi connectivity index (χ2n) is 3.93. The maximum absolute atomic E-state index is 5.47. The number of hydrogen-bond donors (Lipinski definition) is 0. The zero-order valence-corrected chi connectivity index (χ0v) is 8.82. The van der Waals surface area contributed by atoms with Crippen molar-refractivity contribution in [1.29, 1.82) is 0 Å². The van der Waals surface area contributed by atoms with E-state index in [0.29, 0.717) is 12.0 Å². The van der Waals surface area contributed by atoms with Gasteiger partial charge in [-0.15, -0.1) is 5.10 Å². The van der Waals surface area contributed by atoms with Crippen molar-refractivity contribution >= 4 is 0 Å². The molecular formula is C10H18N2O. The molecule has 0 aliphatic rings. The van der Waals surface area contributed by atoms with Crippen LogP contribution in [-0.4, -0.2) is 16.4 Å². The van der Waals surface area contributed by atoms with Gasteiger partial charge in [-0.25, -0.2) is 0 Å². The summed E-state index contributed by atoms with van der Waals surface area (Å²) >= 11 is 0. The van der Waals surface area contributed by atoms with Gasteiger partial charge in [0.25, 0.3) is 0 Å². The van der Waals surface area contributed by atoms with Gasteiger partial charge in [0.05, 0.1) is 6.61 Å². The van der Waals surface area contributed by atoms with E-state index in [1.54, 1.807) is 0 Å². The van der Waals surface area contributed by atoms with Crippen LogP contribution in [0.2, 0.25) is 0 Å². The highest BCUT2D eigenvalue weighted by molar-refractivity contribution is 5.05. The van der Waals surface area contributed by atoms with E-state index in [4.69, 9.17) is 4.74 Å². The maximum atomic E-state index is 5.47. The molecular weight excluding hydrogens is 164 g/mol. The van der Waals surface area contributed by atoms with Crippen molar-refractivity contribution in [1.82, 2.24) is 9.78 Å². The molecule has 3 heteroatoms. The molecule has 0 spiro atoms. The van der Waals surface area contributed by atoms with Crippen molar-refractivity contribution in [2.24, 2.45) is 5.92 Å². The fourth-order valence-electron chi connectivity index (χ4n) is 0.937. The van der Waals surface area contributed by atoms with Gasteiger partial charge in [0.15, 0.2) is 0 Å². The Labute approximate surface area is 79.7 Å².